The van der Waals surface area contributed by atoms with Crippen LogP contribution in [-0.2, 0) is 78.3 Å². The van der Waals surface area contributed by atoms with Crippen LogP contribution < -0.4 is 109 Å². The Bertz CT molecular complexity index is 4130. The Morgan fingerprint density at radius 1 is 0.535 bits per heavy atom. The number of fused-ring (bicyclic) bond motifs is 1. The van der Waals surface area contributed by atoms with Crippen LogP contribution >= 0.6 is 11.8 Å². The van der Waals surface area contributed by atoms with E-state index < -0.39 is 203 Å². The number of aliphatic carboxylic acids is 1. The average Bonchev–Trinajstić information content (AvgIpc) is 1.67. The summed E-state index contributed by atoms with van der Waals surface area (Å²) in [6.07, 6.45) is 2.33. The van der Waals surface area contributed by atoms with E-state index in [2.05, 4.69) is 84.1 Å². The zero-order valence-electron chi connectivity index (χ0n) is 74.4. The fraction of sp³-hybridized carbons (Fsp3) is 0.654. The molecule has 13 atom stereocenters. The third-order valence-corrected chi connectivity index (χ3v) is 21.1. The summed E-state index contributed by atoms with van der Waals surface area (Å²) in [4.78, 5) is 218. The largest absolute Gasteiger partial charge is 0.480 e. The molecule has 46 heteroatoms. The van der Waals surface area contributed by atoms with E-state index in [0.29, 0.717) is 56.3 Å². The molecule has 0 saturated heterocycles. The average molecular weight is 1810 g/mol. The van der Waals surface area contributed by atoms with Gasteiger partial charge in [0.05, 0.1) is 42.1 Å². The number of hydrogen-bond acceptors (Lipinski definition) is 28. The highest BCUT2D eigenvalue weighted by Gasteiger charge is 2.39. The molecule has 0 radical (unpaired) electrons. The molecule has 1 aromatic heterocycles. The van der Waals surface area contributed by atoms with Gasteiger partial charge < -0.3 is 124 Å². The van der Waals surface area contributed by atoms with Gasteiger partial charge in [-0.3, -0.25) is 82.4 Å². The number of nitrogens with zero attached hydrogens (tertiary/aromatic N) is 6. The van der Waals surface area contributed by atoms with Crippen molar-refractivity contribution in [1.82, 2.24) is 74.1 Å². The molecule has 710 valence electrons. The number of aliphatic hydroxyl groups excluding tert-OH is 1. The number of anilines is 1. The van der Waals surface area contributed by atoms with Gasteiger partial charge in [0.25, 0.3) is 0 Å². The fourth-order valence-electron chi connectivity index (χ4n) is 12.9. The van der Waals surface area contributed by atoms with Gasteiger partial charge in [-0.1, -0.05) is 112 Å². The number of nitro groups is 1. The van der Waals surface area contributed by atoms with Crippen molar-refractivity contribution in [3.05, 3.63) is 58.1 Å². The number of carbonyl (C=O) groups excluding carboxylic acids is 13. The second-order valence-corrected chi connectivity index (χ2v) is 33.6. The first kappa shape index (κ1) is 110. The van der Waals surface area contributed by atoms with Gasteiger partial charge in [0.2, 0.25) is 76.4 Å². The number of aliphatic imine (C=N–C) groups is 2. The summed E-state index contributed by atoms with van der Waals surface area (Å²) < 4.78 is 10.3. The maximum atomic E-state index is 15.1. The van der Waals surface area contributed by atoms with Crippen LogP contribution in [0.3, 0.4) is 0 Å². The number of rotatable bonds is 62. The molecule has 0 aliphatic heterocycles. The van der Waals surface area contributed by atoms with Crippen molar-refractivity contribution >= 4 is 129 Å². The number of thioether (sulfide) groups is 1. The summed E-state index contributed by atoms with van der Waals surface area (Å²) in [6, 6.07) is -6.14. The number of carboxylic acid groups (broad SMARTS) is 1. The van der Waals surface area contributed by atoms with E-state index in [9.17, 15) is 77.9 Å². The second kappa shape index (κ2) is 57.9. The Kier molecular flexibility index (Phi) is 49.9. The van der Waals surface area contributed by atoms with Crippen molar-refractivity contribution in [1.29, 1.82) is 0 Å². The van der Waals surface area contributed by atoms with Crippen LogP contribution in [-0.4, -0.2) is 264 Å². The fourth-order valence-corrected chi connectivity index (χ4v) is 13.8. The van der Waals surface area contributed by atoms with Crippen molar-refractivity contribution in [2.75, 3.05) is 75.9 Å². The Labute approximate surface area is 743 Å². The van der Waals surface area contributed by atoms with Crippen LogP contribution in [0.25, 0.3) is 11.0 Å². The minimum Gasteiger partial charge on any atom is -0.480 e. The molecule has 0 saturated carbocycles. The number of aliphatic hydroxyl groups is 1. The number of benzene rings is 2. The summed E-state index contributed by atoms with van der Waals surface area (Å²) in [7, 11) is 1.59. The number of amides is 12. The lowest BCUT2D eigenvalue weighted by molar-refractivity contribution is -0.383. The molecule has 3 aromatic rings. The van der Waals surface area contributed by atoms with Gasteiger partial charge in [0.1, 0.15) is 73.1 Å². The van der Waals surface area contributed by atoms with Crippen LogP contribution in [0.4, 0.5) is 11.4 Å². The van der Waals surface area contributed by atoms with Crippen LogP contribution in [0, 0.1) is 39.7 Å². The Morgan fingerprint density at radius 2 is 0.984 bits per heavy atom. The molecule has 3 rings (SSSR count). The highest BCUT2D eigenvalue weighted by Crippen LogP contribution is 2.31. The number of carbonyl (C=O) groups is 14. The van der Waals surface area contributed by atoms with Crippen molar-refractivity contribution in [2.24, 2.45) is 79.7 Å². The molecular weight excluding hydrogens is 1680 g/mol. The lowest BCUT2D eigenvalue weighted by atomic mass is 9.96. The lowest BCUT2D eigenvalue weighted by Crippen LogP contribution is -2.62. The Morgan fingerprint density at radius 3 is 1.49 bits per heavy atom. The number of nitrogens with one attached hydrogen (secondary N) is 12. The first-order valence-corrected chi connectivity index (χ1v) is 43.8. The SMILES string of the molecule is CC[C@H](C)[C@H](NC(=O)[C@H](CC(C)C)NC(=O)[C@@H](N)CCCCN)C(=O)NCC(=O)N[C@H](C(=O)N[C@@H](CC(C)C)C(=O)N[C@@H](CO)C(=O)N[C@@H](CSCC(=O)OCCN(C)c1ccc([N+](=O)[O-])c2nonc12)C(=O)N[C@@H](CC(C)C)C(=O)N[C@@H](Cc1ccccc1)C(=O)N[C@@H](CCCN=C(N)N)C(=O)N[C@@H](CCCN=C(N)N)C(=O)N[C@@H](CCCCN)C(=O)O)C(C)C. The quantitative estimate of drug-likeness (QED) is 0.00675. The number of ether oxygens (including phenoxy) is 1. The highest BCUT2D eigenvalue weighted by molar-refractivity contribution is 8.00. The van der Waals surface area contributed by atoms with E-state index in [1.807, 2.05) is 13.8 Å². The maximum absolute atomic E-state index is 15.1. The molecular formula is C81H135N25O20S. The summed E-state index contributed by atoms with van der Waals surface area (Å²) in [5.41, 5.74) is 40.1. The molecule has 12 amide bonds. The van der Waals surface area contributed by atoms with Gasteiger partial charge in [-0.05, 0) is 142 Å². The number of esters is 1. The third-order valence-electron chi connectivity index (χ3n) is 20.1. The van der Waals surface area contributed by atoms with Crippen molar-refractivity contribution < 1.29 is 91.6 Å². The number of guanidine groups is 2. The van der Waals surface area contributed by atoms with E-state index in [4.69, 9.17) is 49.5 Å². The third kappa shape index (κ3) is 40.7. The number of hydrogen-bond donors (Lipinski definition) is 21. The highest BCUT2D eigenvalue weighted by atomic mass is 32.2. The topological polar surface area (TPSA) is 725 Å². The smallest absolute Gasteiger partial charge is 0.326 e. The van der Waals surface area contributed by atoms with Gasteiger partial charge >= 0.3 is 17.6 Å². The zero-order valence-corrected chi connectivity index (χ0v) is 75.2. The standard InChI is InChI=1S/C81H135N25O20S/c1-12-48(10)65(102-74(116)56(38-46(6)7)95-68(110)50(84)24-16-18-30-82)77(119)91-40-62(108)101-64(47(8)9)78(120)98-55(37-45(4)5)72(114)99-58(41-107)75(117)100-59(42-127-43-63(109)125-35-34-105(11)60-28-29-61(106(123)124)67-66(60)103-126-104-67)76(118)96-54(36-44(2)3)71(113)97-57(39-49-22-14-13-15-23-49)73(115)93-51(26-20-32-89-80(85)86)69(111)92-52(27-21-33-90-81(87)88)70(112)94-53(79(121)122)25-17-19-31-83/h13-15,22-23,28-29,44-48,50-59,64-65,107H,12,16-21,24-27,30-43,82-84H2,1-11H3,(H,91,119)(H,92,111)(H,93,115)(H,94,112)(H,95,110)(H,96,118)(H,97,113)(H,98,120)(H,99,114)(H,100,117)(H,101,108)(H,102,116)(H,121,122)(H4,85,86,89)(H4,87,88,90)/t48-,50-,51-,52-,53-,54-,55-,56-,57-,58-,59-,64-,65-/m0/s1. The molecule has 0 bridgehead atoms. The number of unbranched alkanes of at least 4 members (excludes halogenated alkanes) is 2. The monoisotopic (exact) mass is 1810 g/mol. The summed E-state index contributed by atoms with van der Waals surface area (Å²) in [5, 5.41) is 71.4. The van der Waals surface area contributed by atoms with E-state index in [0.717, 1.165) is 11.8 Å². The molecule has 0 aliphatic rings. The normalized spacial score (nSPS) is 14.4. The zero-order chi connectivity index (χ0) is 95.2. The van der Waals surface area contributed by atoms with E-state index in [1.54, 1.807) is 97.7 Å². The molecule has 127 heavy (non-hydrogen) atoms. The number of likely N-dealkylation sites (N-methyl/N-ethyl adjacent to an activating group) is 1. The minimum atomic E-state index is -1.89. The number of carboxylic acids is 1. The van der Waals surface area contributed by atoms with Gasteiger partial charge in [-0.15, -0.1) is 11.8 Å². The molecule has 1 heterocycles. The van der Waals surface area contributed by atoms with Crippen LogP contribution in [0.2, 0.25) is 0 Å². The van der Waals surface area contributed by atoms with Crippen LogP contribution in [0.15, 0.2) is 57.1 Å². The number of nitrogens with two attached hydrogens (primary N) is 7. The summed E-state index contributed by atoms with van der Waals surface area (Å²) >= 11 is 0.770. The number of non-ortho nitro benzene ring substituents is 1. The van der Waals surface area contributed by atoms with E-state index in [1.165, 1.54) is 12.1 Å². The van der Waals surface area contributed by atoms with Gasteiger partial charge in [0.15, 0.2) is 17.4 Å². The molecule has 45 nitrogen and oxygen atoms in total. The first-order chi connectivity index (χ1) is 60.0. The summed E-state index contributed by atoms with van der Waals surface area (Å²) in [5.74, 6) is -16.3. The van der Waals surface area contributed by atoms with Crippen molar-refractivity contribution in [3.63, 3.8) is 0 Å². The maximum Gasteiger partial charge on any atom is 0.326 e. The van der Waals surface area contributed by atoms with E-state index in [-0.39, 0.29) is 131 Å². The molecule has 0 fully saturated rings. The Balaban J connectivity index is 2.04. The van der Waals surface area contributed by atoms with Crippen LogP contribution in [0.1, 0.15) is 165 Å². The number of aromatic nitrogens is 2. The molecule has 0 unspecified atom stereocenters. The Hall–Kier alpha value is -11.6. The second-order valence-electron chi connectivity index (χ2n) is 32.6. The molecule has 2 aromatic carbocycles. The van der Waals surface area contributed by atoms with Gasteiger partial charge in [-0.25, -0.2) is 9.42 Å². The predicted molar refractivity (Wildman–Crippen MR) is 475 cm³/mol. The molecule has 28 N–H and O–H groups in total. The number of nitro benzene ring substituents is 1. The van der Waals surface area contributed by atoms with Crippen molar-refractivity contribution in [2.45, 2.75) is 238 Å². The summed E-state index contributed by atoms with van der Waals surface area (Å²) in [6.45, 7) is 15.8. The molecule has 0 aliphatic carbocycles. The minimum absolute atomic E-state index is 0.000244. The predicted octanol–water partition coefficient (Wildman–Crippen LogP) is -2.85. The molecule has 0 spiro atoms. The lowest BCUT2D eigenvalue weighted by Gasteiger charge is -2.29. The van der Waals surface area contributed by atoms with Crippen molar-refractivity contribution in [3.8, 4) is 0 Å². The van der Waals surface area contributed by atoms with E-state index >= 15 is 9.59 Å². The van der Waals surface area contributed by atoms with Crippen LogP contribution in [0.5, 0.6) is 0 Å². The van der Waals surface area contributed by atoms with Gasteiger partial charge in [-0.2, -0.15) is 0 Å². The van der Waals surface area contributed by atoms with Gasteiger partial charge in [0, 0.05) is 38.4 Å². The first-order valence-electron chi connectivity index (χ1n) is 42.7.